The number of hydroxylamine groups is 2. The molecule has 0 amide bonds. The minimum atomic E-state index is -0.422. The molecule has 2 aliphatic rings. The van der Waals surface area contributed by atoms with Gasteiger partial charge in [0.05, 0.1) is 13.7 Å². The zero-order valence-corrected chi connectivity index (χ0v) is 22.8. The first-order valence-electron chi connectivity index (χ1n) is 11.4. The number of nitrogens with zero attached hydrogens (tertiary/aromatic N) is 3. The van der Waals surface area contributed by atoms with Gasteiger partial charge in [0.1, 0.15) is 17.7 Å². The second-order valence-electron chi connectivity index (χ2n) is 9.08. The Bertz CT molecular complexity index is 1320. The number of amidine groups is 1. The van der Waals surface area contributed by atoms with E-state index in [2.05, 4.69) is 51.0 Å². The van der Waals surface area contributed by atoms with Crippen LogP contribution in [0.5, 0.6) is 0 Å². The van der Waals surface area contributed by atoms with Crippen molar-refractivity contribution in [1.82, 2.24) is 5.06 Å². The molecule has 5 rings (SSSR count). The molecule has 0 saturated carbocycles. The van der Waals surface area contributed by atoms with Crippen LogP contribution >= 0.6 is 27.5 Å². The Balaban J connectivity index is 0.000000187. The molecular weight excluding hydrogens is 542 g/mol. The van der Waals surface area contributed by atoms with Crippen LogP contribution in [-0.4, -0.2) is 37.3 Å². The van der Waals surface area contributed by atoms with Crippen LogP contribution < -0.4 is 11.5 Å². The van der Waals surface area contributed by atoms with Crippen LogP contribution in [0.15, 0.2) is 87.3 Å². The summed E-state index contributed by atoms with van der Waals surface area (Å²) in [5, 5.41) is 2.33. The summed E-state index contributed by atoms with van der Waals surface area (Å²) < 4.78 is 6.21. The average Bonchev–Trinajstić information content (AvgIpc) is 3.38. The van der Waals surface area contributed by atoms with E-state index < -0.39 is 5.54 Å². The van der Waals surface area contributed by atoms with Gasteiger partial charge in [-0.25, -0.2) is 15.0 Å². The number of hydrogen-bond acceptors (Lipinski definition) is 7. The Hall–Kier alpha value is -3.07. The molecule has 2 heterocycles. The highest BCUT2D eigenvalue weighted by atomic mass is 79.9. The van der Waals surface area contributed by atoms with Crippen LogP contribution in [0.2, 0.25) is 5.02 Å². The lowest BCUT2D eigenvalue weighted by Crippen LogP contribution is -2.35. The van der Waals surface area contributed by atoms with E-state index in [1.165, 1.54) is 0 Å². The first kappa shape index (κ1) is 26.0. The van der Waals surface area contributed by atoms with Gasteiger partial charge in [0, 0.05) is 9.50 Å². The third-order valence-corrected chi connectivity index (χ3v) is 6.96. The third-order valence-electron chi connectivity index (χ3n) is 6.24. The number of rotatable bonds is 4. The minimum Gasteiger partial charge on any atom is -0.462 e. The molecule has 3 aromatic rings. The smallest absolute Gasteiger partial charge is 0.283 e. The first-order valence-corrected chi connectivity index (χ1v) is 12.6. The van der Waals surface area contributed by atoms with Gasteiger partial charge in [0.15, 0.2) is 0 Å². The third kappa shape index (κ3) is 5.67. The summed E-state index contributed by atoms with van der Waals surface area (Å²) in [5.41, 5.74) is 15.0. The van der Waals surface area contributed by atoms with Gasteiger partial charge in [-0.1, -0.05) is 70.0 Å². The lowest BCUT2D eigenvalue weighted by molar-refractivity contribution is -0.0664. The van der Waals surface area contributed by atoms with E-state index >= 15 is 0 Å². The number of halogens is 2. The summed E-state index contributed by atoms with van der Waals surface area (Å²) in [5.74, 6) is 0.401. The van der Waals surface area contributed by atoms with Crippen molar-refractivity contribution in [1.29, 1.82) is 0 Å². The molecule has 0 spiro atoms. The fourth-order valence-corrected chi connectivity index (χ4v) is 4.80. The fourth-order valence-electron chi connectivity index (χ4n) is 4.21. The number of hydrogen-bond donors (Lipinski definition) is 2. The first-order chi connectivity index (χ1) is 17.1. The maximum atomic E-state index is 6.08. The molecule has 3 aromatic carbocycles. The largest absolute Gasteiger partial charge is 0.462 e. The van der Waals surface area contributed by atoms with Crippen LogP contribution in [0.1, 0.15) is 25.0 Å². The van der Waals surface area contributed by atoms with Gasteiger partial charge in [0.25, 0.3) is 6.02 Å². The van der Waals surface area contributed by atoms with Crippen molar-refractivity contribution < 1.29 is 9.57 Å². The van der Waals surface area contributed by atoms with Gasteiger partial charge in [-0.3, -0.25) is 4.84 Å². The molecule has 2 atom stereocenters. The molecule has 7 nitrogen and oxygen atoms in total. The lowest BCUT2D eigenvalue weighted by atomic mass is 9.90. The highest BCUT2D eigenvalue weighted by Crippen LogP contribution is 2.34. The van der Waals surface area contributed by atoms with Gasteiger partial charge in [-0.2, -0.15) is 0 Å². The Morgan fingerprint density at radius 3 is 2.14 bits per heavy atom. The molecule has 0 radical (unpaired) electrons. The normalized spacial score (nSPS) is 22.9. The maximum absolute atomic E-state index is 6.08. The highest BCUT2D eigenvalue weighted by molar-refractivity contribution is 9.10. The van der Waals surface area contributed by atoms with E-state index in [4.69, 9.17) is 32.6 Å². The average molecular weight is 571 g/mol. The van der Waals surface area contributed by atoms with E-state index in [0.717, 1.165) is 31.7 Å². The van der Waals surface area contributed by atoms with Crippen LogP contribution in [0.4, 0.5) is 0 Å². The summed E-state index contributed by atoms with van der Waals surface area (Å²) in [4.78, 5) is 14.1. The molecule has 0 aliphatic carbocycles. The van der Waals surface area contributed by atoms with Crippen molar-refractivity contribution in [3.63, 3.8) is 0 Å². The summed E-state index contributed by atoms with van der Waals surface area (Å²) in [6.07, 6.45) is 0. The SMILES string of the molecule is CC1(c2cccc(Br)c2)COC(N)=N1.CON1CC(C)(c2cccc(-c3cccc(Cl)c3)c2)N=C1N. The van der Waals surface area contributed by atoms with E-state index in [-0.39, 0.29) is 11.6 Å². The Morgan fingerprint density at radius 1 is 0.917 bits per heavy atom. The zero-order chi connectivity index (χ0) is 25.9. The van der Waals surface area contributed by atoms with Crippen LogP contribution in [0.3, 0.4) is 0 Å². The molecule has 2 aliphatic heterocycles. The molecule has 4 N–H and O–H groups in total. The number of nitrogens with two attached hydrogens (primary N) is 2. The lowest BCUT2D eigenvalue weighted by Gasteiger charge is -2.23. The Kier molecular flexibility index (Phi) is 7.59. The highest BCUT2D eigenvalue weighted by Gasteiger charge is 2.36. The molecule has 188 valence electrons. The maximum Gasteiger partial charge on any atom is 0.283 e. The van der Waals surface area contributed by atoms with Gasteiger partial charge >= 0.3 is 0 Å². The monoisotopic (exact) mass is 569 g/mol. The summed E-state index contributed by atoms with van der Waals surface area (Å²) in [6, 6.07) is 24.4. The van der Waals surface area contributed by atoms with Crippen molar-refractivity contribution in [3.8, 4) is 11.1 Å². The van der Waals surface area contributed by atoms with E-state index in [9.17, 15) is 0 Å². The molecular formula is C27H29BrClN5O2. The quantitative estimate of drug-likeness (QED) is 0.436. The second kappa shape index (κ2) is 10.5. The van der Waals surface area contributed by atoms with Crippen LogP contribution in [0, 0.1) is 0 Å². The van der Waals surface area contributed by atoms with Crippen molar-refractivity contribution in [2.75, 3.05) is 20.3 Å². The Morgan fingerprint density at radius 2 is 1.56 bits per heavy atom. The van der Waals surface area contributed by atoms with Crippen molar-refractivity contribution in [2.24, 2.45) is 21.5 Å². The predicted octanol–water partition coefficient (Wildman–Crippen LogP) is 5.42. The van der Waals surface area contributed by atoms with E-state index in [0.29, 0.717) is 19.1 Å². The molecule has 36 heavy (non-hydrogen) atoms. The zero-order valence-electron chi connectivity index (χ0n) is 20.4. The molecule has 0 saturated heterocycles. The van der Waals surface area contributed by atoms with Crippen molar-refractivity contribution in [2.45, 2.75) is 24.9 Å². The summed E-state index contributed by atoms with van der Waals surface area (Å²) in [6.45, 7) is 5.16. The minimum absolute atomic E-state index is 0.271. The topological polar surface area (TPSA) is 98.5 Å². The number of guanidine groups is 1. The number of benzene rings is 3. The molecule has 0 fully saturated rings. The molecule has 0 bridgehead atoms. The number of ether oxygens (including phenoxy) is 1. The van der Waals surface area contributed by atoms with Crippen molar-refractivity contribution >= 4 is 39.5 Å². The summed E-state index contributed by atoms with van der Waals surface area (Å²) >= 11 is 9.51. The van der Waals surface area contributed by atoms with Gasteiger partial charge in [-0.15, -0.1) is 0 Å². The molecule has 0 aromatic heterocycles. The van der Waals surface area contributed by atoms with Gasteiger partial charge in [-0.05, 0) is 66.4 Å². The number of aliphatic imine (C=N–C) groups is 2. The standard InChI is InChI=1S/C17H18ClN3O.C10H11BrN2O/c1-17(11-21(22-2)16(19)20-17)14-7-3-5-12(9-14)13-6-4-8-15(18)10-13;1-10(6-14-9(12)13-10)7-3-2-4-8(11)5-7/h3-10H,11H2,1-2H3,(H2,19,20);2-5H,6H2,1H3,(H2,12,13). The fraction of sp³-hybridized carbons (Fsp3) is 0.259. The molecule has 2 unspecified atom stereocenters. The van der Waals surface area contributed by atoms with Gasteiger partial charge < -0.3 is 16.2 Å². The Labute approximate surface area is 224 Å². The van der Waals surface area contributed by atoms with Crippen LogP contribution in [-0.2, 0) is 20.7 Å². The van der Waals surface area contributed by atoms with E-state index in [1.54, 1.807) is 12.2 Å². The molecule has 9 heteroatoms. The van der Waals surface area contributed by atoms with Crippen LogP contribution in [0.25, 0.3) is 11.1 Å². The van der Waals surface area contributed by atoms with Gasteiger partial charge in [0.2, 0.25) is 5.96 Å². The summed E-state index contributed by atoms with van der Waals surface area (Å²) in [7, 11) is 1.59. The van der Waals surface area contributed by atoms with E-state index in [1.807, 2.05) is 61.5 Å². The second-order valence-corrected chi connectivity index (χ2v) is 10.4. The predicted molar refractivity (Wildman–Crippen MR) is 149 cm³/mol. The van der Waals surface area contributed by atoms with Crippen molar-refractivity contribution in [3.05, 3.63) is 93.4 Å².